The molecule has 2 N–H and O–H groups in total. The number of carbonyl (C=O) groups is 2. The van der Waals surface area contributed by atoms with Crippen molar-refractivity contribution < 1.29 is 28.2 Å². The Balaban J connectivity index is 1.46. The van der Waals surface area contributed by atoms with E-state index in [1.165, 1.54) is 23.4 Å². The van der Waals surface area contributed by atoms with Crippen molar-refractivity contribution in [3.8, 4) is 17.6 Å². The summed E-state index contributed by atoms with van der Waals surface area (Å²) < 4.78 is 33.8. The maximum Gasteiger partial charge on any atom is 0.342 e. The molecule has 2 heterocycles. The number of nitrogens with zero attached hydrogens (tertiary/aromatic N) is 3. The van der Waals surface area contributed by atoms with Gasteiger partial charge in [0.15, 0.2) is 0 Å². The number of hydrogen-bond donors (Lipinski definition) is 2. The maximum absolute atomic E-state index is 13.9. The van der Waals surface area contributed by atoms with Gasteiger partial charge in [-0.3, -0.25) is 4.79 Å². The van der Waals surface area contributed by atoms with Gasteiger partial charge in [0.1, 0.15) is 35.6 Å². The van der Waals surface area contributed by atoms with Crippen LogP contribution >= 0.6 is 0 Å². The first kappa shape index (κ1) is 24.9. The molecule has 1 aliphatic rings. The van der Waals surface area contributed by atoms with Gasteiger partial charge >= 0.3 is 6.03 Å². The Labute approximate surface area is 206 Å². The fourth-order valence-corrected chi connectivity index (χ4v) is 3.57. The summed E-state index contributed by atoms with van der Waals surface area (Å²) >= 11 is 0. The number of nitrogens with one attached hydrogen (secondary N) is 1. The van der Waals surface area contributed by atoms with E-state index in [0.29, 0.717) is 22.6 Å². The van der Waals surface area contributed by atoms with Crippen LogP contribution in [0.15, 0.2) is 48.8 Å². The normalized spacial score (nSPS) is 15.3. The topological polar surface area (TPSA) is 96.7 Å². The molecule has 1 aliphatic heterocycles. The minimum Gasteiger partial charge on any atom is -0.489 e. The monoisotopic (exact) mass is 494 g/mol. The summed E-state index contributed by atoms with van der Waals surface area (Å²) in [5, 5.41) is 16.4. The summed E-state index contributed by atoms with van der Waals surface area (Å²) in [5.41, 5.74) is 0.684. The number of anilines is 1. The maximum atomic E-state index is 13.9. The van der Waals surface area contributed by atoms with E-state index >= 15 is 0 Å². The van der Waals surface area contributed by atoms with Gasteiger partial charge in [0.05, 0.1) is 11.9 Å². The number of likely N-dealkylation sites (N-methyl/N-ethyl adjacent to an activating group) is 1. The van der Waals surface area contributed by atoms with Gasteiger partial charge in [-0.15, -0.1) is 0 Å². The molecule has 0 saturated carbocycles. The van der Waals surface area contributed by atoms with Gasteiger partial charge in [0, 0.05) is 31.3 Å². The van der Waals surface area contributed by atoms with E-state index in [4.69, 9.17) is 4.74 Å². The molecule has 0 bridgehead atoms. The van der Waals surface area contributed by atoms with Gasteiger partial charge in [-0.1, -0.05) is 17.9 Å². The largest absolute Gasteiger partial charge is 0.489 e. The summed E-state index contributed by atoms with van der Waals surface area (Å²) in [4.78, 5) is 27.2. The lowest BCUT2D eigenvalue weighted by Crippen LogP contribution is -2.50. The molecule has 2 amide bonds. The number of benzene rings is 2. The van der Waals surface area contributed by atoms with Gasteiger partial charge in [-0.05, 0) is 49.2 Å². The molecule has 4 rings (SSSR count). The predicted molar refractivity (Wildman–Crippen MR) is 128 cm³/mol. The molecule has 0 spiro atoms. The van der Waals surface area contributed by atoms with Crippen LogP contribution in [0.25, 0.3) is 0 Å². The Kier molecular flexibility index (Phi) is 6.77. The van der Waals surface area contributed by atoms with Crippen LogP contribution in [0.4, 0.5) is 19.3 Å². The van der Waals surface area contributed by atoms with Crippen molar-refractivity contribution in [3.05, 3.63) is 77.1 Å². The highest BCUT2D eigenvalue weighted by Gasteiger charge is 2.31. The minimum atomic E-state index is -1.17. The summed E-state index contributed by atoms with van der Waals surface area (Å²) in [7, 11) is 1.56. The number of hydrogen-bond acceptors (Lipinski definition) is 5. The van der Waals surface area contributed by atoms with Crippen molar-refractivity contribution in [1.82, 2.24) is 15.1 Å². The SMILES string of the molecule is CN1C(=O)[C@H](NC(=O)n2cc(Cc3ccc(F)cc3F)cn2)COc2ccc(C#CC(C)(C)O)cc21. The van der Waals surface area contributed by atoms with E-state index < -0.39 is 35.2 Å². The zero-order valence-corrected chi connectivity index (χ0v) is 19.9. The lowest BCUT2D eigenvalue weighted by atomic mass is 10.1. The second kappa shape index (κ2) is 9.79. The van der Waals surface area contributed by atoms with Crippen molar-refractivity contribution in [2.45, 2.75) is 31.9 Å². The second-order valence-electron chi connectivity index (χ2n) is 8.91. The molecule has 1 aromatic heterocycles. The molecule has 0 radical (unpaired) electrons. The predicted octanol–water partition coefficient (Wildman–Crippen LogP) is 2.86. The molecule has 1 atom stereocenters. The number of carbonyl (C=O) groups excluding carboxylic acids is 2. The molecule has 2 aromatic carbocycles. The first-order chi connectivity index (χ1) is 17.0. The van der Waals surface area contributed by atoms with Crippen LogP contribution in [0.1, 0.15) is 30.5 Å². The minimum absolute atomic E-state index is 0.106. The number of fused-ring (bicyclic) bond motifs is 1. The summed E-state index contributed by atoms with van der Waals surface area (Å²) in [6.07, 6.45) is 2.92. The van der Waals surface area contributed by atoms with Crippen molar-refractivity contribution >= 4 is 17.6 Å². The molecular weight excluding hydrogens is 470 g/mol. The molecule has 0 saturated heterocycles. The van der Waals surface area contributed by atoms with E-state index in [0.717, 1.165) is 16.8 Å². The van der Waals surface area contributed by atoms with Crippen molar-refractivity contribution in [3.63, 3.8) is 0 Å². The van der Waals surface area contributed by atoms with Crippen LogP contribution in [0.3, 0.4) is 0 Å². The third kappa shape index (κ3) is 5.70. The van der Waals surface area contributed by atoms with Gasteiger partial charge in [-0.25, -0.2) is 13.6 Å². The Morgan fingerprint density at radius 3 is 2.78 bits per heavy atom. The average molecular weight is 494 g/mol. The molecule has 8 nitrogen and oxygen atoms in total. The number of aromatic nitrogens is 2. The van der Waals surface area contributed by atoms with Crippen molar-refractivity contribution in [2.24, 2.45) is 0 Å². The van der Waals surface area contributed by atoms with Gasteiger partial charge in [0.2, 0.25) is 0 Å². The van der Waals surface area contributed by atoms with E-state index in [1.54, 1.807) is 39.1 Å². The standard InChI is InChI=1S/C26H24F2N4O4/c1-26(2,35)9-8-16-4-7-23-22(11-16)31(3)24(33)21(15-36-23)30-25(34)32-14-17(13-29-32)10-18-5-6-19(27)12-20(18)28/h4-7,11-14,21,35H,10,15H2,1-3H3,(H,30,34)/t21-/m1/s1. The Hall–Kier alpha value is -4.23. The fourth-order valence-electron chi connectivity index (χ4n) is 3.57. The average Bonchev–Trinajstić information content (AvgIpc) is 3.25. The lowest BCUT2D eigenvalue weighted by Gasteiger charge is -2.20. The van der Waals surface area contributed by atoms with Crippen LogP contribution in [0, 0.1) is 23.5 Å². The van der Waals surface area contributed by atoms with Crippen LogP contribution in [0.5, 0.6) is 5.75 Å². The number of amides is 2. The number of halogens is 2. The molecule has 0 aliphatic carbocycles. The fraction of sp³-hybridized carbons (Fsp3) is 0.269. The number of ether oxygens (including phenoxy) is 1. The summed E-state index contributed by atoms with van der Waals surface area (Å²) in [6.45, 7) is 3.03. The summed E-state index contributed by atoms with van der Waals surface area (Å²) in [5.74, 6) is 4.26. The highest BCUT2D eigenvalue weighted by Crippen LogP contribution is 2.31. The third-order valence-corrected chi connectivity index (χ3v) is 5.42. The van der Waals surface area contributed by atoms with E-state index in [-0.39, 0.29) is 18.6 Å². The first-order valence-electron chi connectivity index (χ1n) is 11.1. The van der Waals surface area contributed by atoms with Gasteiger partial charge in [0.25, 0.3) is 5.91 Å². The van der Waals surface area contributed by atoms with Crippen LogP contribution in [-0.4, -0.2) is 52.1 Å². The Morgan fingerprint density at radius 2 is 2.06 bits per heavy atom. The third-order valence-electron chi connectivity index (χ3n) is 5.42. The highest BCUT2D eigenvalue weighted by molar-refractivity contribution is 6.00. The quantitative estimate of drug-likeness (QED) is 0.546. The molecular formula is C26H24F2N4O4. The smallest absolute Gasteiger partial charge is 0.342 e. The molecule has 3 aromatic rings. The molecule has 10 heteroatoms. The Bertz CT molecular complexity index is 1380. The molecule has 0 unspecified atom stereocenters. The number of aliphatic hydroxyl groups is 1. The molecule has 36 heavy (non-hydrogen) atoms. The van der Waals surface area contributed by atoms with E-state index in [9.17, 15) is 23.5 Å². The lowest BCUT2D eigenvalue weighted by molar-refractivity contribution is -0.120. The van der Waals surface area contributed by atoms with E-state index in [1.807, 2.05) is 0 Å². The van der Waals surface area contributed by atoms with E-state index in [2.05, 4.69) is 22.3 Å². The van der Waals surface area contributed by atoms with Gasteiger partial charge in [-0.2, -0.15) is 9.78 Å². The van der Waals surface area contributed by atoms with Crippen LogP contribution in [-0.2, 0) is 11.2 Å². The zero-order valence-electron chi connectivity index (χ0n) is 19.9. The number of rotatable bonds is 3. The highest BCUT2D eigenvalue weighted by atomic mass is 19.1. The zero-order chi connectivity index (χ0) is 26.0. The second-order valence-corrected chi connectivity index (χ2v) is 8.91. The van der Waals surface area contributed by atoms with Crippen LogP contribution in [0.2, 0.25) is 0 Å². The first-order valence-corrected chi connectivity index (χ1v) is 11.1. The van der Waals surface area contributed by atoms with Crippen molar-refractivity contribution in [2.75, 3.05) is 18.6 Å². The molecule has 186 valence electrons. The Morgan fingerprint density at radius 1 is 1.28 bits per heavy atom. The van der Waals surface area contributed by atoms with Crippen LogP contribution < -0.4 is 15.0 Å². The van der Waals surface area contributed by atoms with Gasteiger partial charge < -0.3 is 20.1 Å². The molecule has 0 fully saturated rings. The van der Waals surface area contributed by atoms with Crippen molar-refractivity contribution in [1.29, 1.82) is 0 Å². The summed E-state index contributed by atoms with van der Waals surface area (Å²) in [6, 6.07) is 6.67.